The van der Waals surface area contributed by atoms with Crippen LogP contribution in [0.4, 0.5) is 0 Å². The van der Waals surface area contributed by atoms with Gasteiger partial charge in [0.15, 0.2) is 0 Å². The zero-order valence-corrected chi connectivity index (χ0v) is 9.41. The van der Waals surface area contributed by atoms with Crippen molar-refractivity contribution in [1.82, 2.24) is 10.2 Å². The zero-order valence-electron chi connectivity index (χ0n) is 9.41. The van der Waals surface area contributed by atoms with E-state index in [1.807, 2.05) is 13.1 Å². The fourth-order valence-corrected chi connectivity index (χ4v) is 1.70. The molecule has 2 aromatic rings. The van der Waals surface area contributed by atoms with Crippen LogP contribution in [0.5, 0.6) is 0 Å². The van der Waals surface area contributed by atoms with E-state index in [0.717, 1.165) is 5.69 Å². The summed E-state index contributed by atoms with van der Waals surface area (Å²) >= 11 is 0. The van der Waals surface area contributed by atoms with Gasteiger partial charge in [-0.1, -0.05) is 38.1 Å². The molecule has 0 atom stereocenters. The first-order chi connectivity index (χ1) is 7.18. The number of nitrogens with one attached hydrogen (secondary N) is 1. The Labute approximate surface area is 90.3 Å². The average Bonchev–Trinajstić information content (AvgIpc) is 2.65. The zero-order chi connectivity index (χ0) is 10.8. The van der Waals surface area contributed by atoms with E-state index in [0.29, 0.717) is 5.92 Å². The van der Waals surface area contributed by atoms with Crippen molar-refractivity contribution in [3.05, 3.63) is 41.7 Å². The molecule has 1 aromatic heterocycles. The Morgan fingerprint density at radius 1 is 1.13 bits per heavy atom. The van der Waals surface area contributed by atoms with Gasteiger partial charge < -0.3 is 0 Å². The third kappa shape index (κ3) is 1.94. The average molecular weight is 200 g/mol. The van der Waals surface area contributed by atoms with E-state index in [1.165, 1.54) is 16.7 Å². The van der Waals surface area contributed by atoms with Gasteiger partial charge in [-0.25, -0.2) is 0 Å². The minimum absolute atomic E-state index is 0.587. The number of benzene rings is 1. The summed E-state index contributed by atoms with van der Waals surface area (Å²) in [4.78, 5) is 0. The van der Waals surface area contributed by atoms with Gasteiger partial charge in [-0.3, -0.25) is 5.10 Å². The molecule has 0 radical (unpaired) electrons. The first-order valence-corrected chi connectivity index (χ1v) is 5.29. The molecular weight excluding hydrogens is 184 g/mol. The second-order valence-corrected chi connectivity index (χ2v) is 4.16. The standard InChI is InChI=1S/C13H16N2/c1-9(2)11-4-6-12(7-5-11)13-8-14-15-10(13)3/h4-9H,1-3H3,(H,14,15). The molecule has 2 heteroatoms. The molecule has 0 spiro atoms. The van der Waals surface area contributed by atoms with Gasteiger partial charge in [0.1, 0.15) is 0 Å². The number of aromatic nitrogens is 2. The van der Waals surface area contributed by atoms with Crippen LogP contribution in [0.25, 0.3) is 11.1 Å². The van der Waals surface area contributed by atoms with Crippen LogP contribution in [-0.4, -0.2) is 10.2 Å². The van der Waals surface area contributed by atoms with Gasteiger partial charge in [0.2, 0.25) is 0 Å². The third-order valence-electron chi connectivity index (χ3n) is 2.72. The van der Waals surface area contributed by atoms with E-state index in [9.17, 15) is 0 Å². The fourth-order valence-electron chi connectivity index (χ4n) is 1.70. The van der Waals surface area contributed by atoms with Crippen LogP contribution in [-0.2, 0) is 0 Å². The van der Waals surface area contributed by atoms with Gasteiger partial charge in [-0.05, 0) is 24.0 Å². The first-order valence-electron chi connectivity index (χ1n) is 5.29. The van der Waals surface area contributed by atoms with E-state index in [1.54, 1.807) is 0 Å². The summed E-state index contributed by atoms with van der Waals surface area (Å²) in [6.07, 6.45) is 1.94. The summed E-state index contributed by atoms with van der Waals surface area (Å²) in [5, 5.41) is 7.01. The second-order valence-electron chi connectivity index (χ2n) is 4.16. The van der Waals surface area contributed by atoms with Crippen molar-refractivity contribution >= 4 is 0 Å². The normalized spacial score (nSPS) is 10.9. The van der Waals surface area contributed by atoms with Crippen molar-refractivity contribution in [3.8, 4) is 11.1 Å². The Hall–Kier alpha value is -1.57. The molecule has 0 aliphatic carbocycles. The van der Waals surface area contributed by atoms with Crippen LogP contribution in [0.2, 0.25) is 0 Å². The first kappa shape index (κ1) is 9.97. The highest BCUT2D eigenvalue weighted by Gasteiger charge is 2.04. The van der Waals surface area contributed by atoms with Crippen LogP contribution in [0, 0.1) is 6.92 Å². The van der Waals surface area contributed by atoms with Crippen molar-refractivity contribution < 1.29 is 0 Å². The summed E-state index contributed by atoms with van der Waals surface area (Å²) in [7, 11) is 0. The Kier molecular flexibility index (Phi) is 2.58. The van der Waals surface area contributed by atoms with Crippen molar-refractivity contribution in [2.45, 2.75) is 26.7 Å². The van der Waals surface area contributed by atoms with Crippen molar-refractivity contribution in [3.63, 3.8) is 0 Å². The molecule has 1 heterocycles. The molecule has 0 saturated heterocycles. The molecule has 0 saturated carbocycles. The SMILES string of the molecule is Cc1n[nH]cc1-c1ccc(C(C)C)cc1. The number of nitrogens with zero attached hydrogens (tertiary/aromatic N) is 1. The van der Waals surface area contributed by atoms with Gasteiger partial charge in [-0.15, -0.1) is 0 Å². The molecule has 0 amide bonds. The molecule has 0 aliphatic heterocycles. The van der Waals surface area contributed by atoms with E-state index in [-0.39, 0.29) is 0 Å². The van der Waals surface area contributed by atoms with Crippen molar-refractivity contribution in [2.24, 2.45) is 0 Å². The van der Waals surface area contributed by atoms with E-state index >= 15 is 0 Å². The van der Waals surface area contributed by atoms with E-state index in [2.05, 4.69) is 48.3 Å². The summed E-state index contributed by atoms with van der Waals surface area (Å²) in [5.74, 6) is 0.587. The van der Waals surface area contributed by atoms with Gasteiger partial charge in [0.25, 0.3) is 0 Å². The monoisotopic (exact) mass is 200 g/mol. The third-order valence-corrected chi connectivity index (χ3v) is 2.72. The lowest BCUT2D eigenvalue weighted by atomic mass is 9.99. The maximum Gasteiger partial charge on any atom is 0.0669 e. The minimum Gasteiger partial charge on any atom is -0.285 e. The van der Waals surface area contributed by atoms with Crippen molar-refractivity contribution in [1.29, 1.82) is 0 Å². The topological polar surface area (TPSA) is 28.7 Å². The lowest BCUT2D eigenvalue weighted by Gasteiger charge is -2.06. The number of aryl methyl sites for hydroxylation is 1. The number of hydrogen-bond donors (Lipinski definition) is 1. The second kappa shape index (κ2) is 3.89. The van der Waals surface area contributed by atoms with Gasteiger partial charge in [-0.2, -0.15) is 5.10 Å². The predicted octanol–water partition coefficient (Wildman–Crippen LogP) is 3.51. The predicted molar refractivity (Wildman–Crippen MR) is 62.8 cm³/mol. The Bertz CT molecular complexity index is 438. The molecule has 15 heavy (non-hydrogen) atoms. The highest BCUT2D eigenvalue weighted by molar-refractivity contribution is 5.65. The Balaban J connectivity index is 2.36. The Morgan fingerprint density at radius 3 is 2.27 bits per heavy atom. The quantitative estimate of drug-likeness (QED) is 0.789. The van der Waals surface area contributed by atoms with Gasteiger partial charge in [0.05, 0.1) is 5.69 Å². The lowest BCUT2D eigenvalue weighted by Crippen LogP contribution is -1.86. The summed E-state index contributed by atoms with van der Waals surface area (Å²) in [6.45, 7) is 6.43. The van der Waals surface area contributed by atoms with Crippen LogP contribution >= 0.6 is 0 Å². The lowest BCUT2D eigenvalue weighted by molar-refractivity contribution is 0.867. The molecule has 1 aromatic carbocycles. The maximum atomic E-state index is 4.13. The van der Waals surface area contributed by atoms with Crippen LogP contribution in [0.3, 0.4) is 0 Å². The van der Waals surface area contributed by atoms with Gasteiger partial charge >= 0.3 is 0 Å². The number of hydrogen-bond acceptors (Lipinski definition) is 1. The number of rotatable bonds is 2. The molecule has 2 nitrogen and oxygen atoms in total. The Morgan fingerprint density at radius 2 is 1.80 bits per heavy atom. The molecule has 78 valence electrons. The molecule has 0 bridgehead atoms. The smallest absolute Gasteiger partial charge is 0.0669 e. The van der Waals surface area contributed by atoms with Crippen LogP contribution in [0.15, 0.2) is 30.5 Å². The molecule has 0 unspecified atom stereocenters. The van der Waals surface area contributed by atoms with Crippen LogP contribution in [0.1, 0.15) is 31.0 Å². The molecule has 0 aliphatic rings. The number of H-pyrrole nitrogens is 1. The molecule has 1 N–H and O–H groups in total. The largest absolute Gasteiger partial charge is 0.285 e. The van der Waals surface area contributed by atoms with E-state index < -0.39 is 0 Å². The van der Waals surface area contributed by atoms with Crippen molar-refractivity contribution in [2.75, 3.05) is 0 Å². The van der Waals surface area contributed by atoms with Gasteiger partial charge in [0, 0.05) is 11.8 Å². The summed E-state index contributed by atoms with van der Waals surface area (Å²) < 4.78 is 0. The molecule has 0 fully saturated rings. The highest BCUT2D eigenvalue weighted by Crippen LogP contribution is 2.23. The van der Waals surface area contributed by atoms with Crippen LogP contribution < -0.4 is 0 Å². The fraction of sp³-hybridized carbons (Fsp3) is 0.308. The molecule has 2 rings (SSSR count). The number of aromatic amines is 1. The van der Waals surface area contributed by atoms with E-state index in [4.69, 9.17) is 0 Å². The minimum atomic E-state index is 0.587. The maximum absolute atomic E-state index is 4.13. The highest BCUT2D eigenvalue weighted by atomic mass is 15.1. The summed E-state index contributed by atoms with van der Waals surface area (Å²) in [6, 6.07) is 8.69. The summed E-state index contributed by atoms with van der Waals surface area (Å²) in [5.41, 5.74) is 4.84. The molecular formula is C13H16N2.